The van der Waals surface area contributed by atoms with Crippen molar-refractivity contribution in [2.75, 3.05) is 55.8 Å². The number of aliphatic hydroxyl groups is 1. The largest absolute Gasteiger partial charge is 0.491 e. The van der Waals surface area contributed by atoms with Gasteiger partial charge in [0.1, 0.15) is 61.4 Å². The lowest BCUT2D eigenvalue weighted by Gasteiger charge is -2.36. The second-order valence-electron chi connectivity index (χ2n) is 12.4. The molecule has 2 aliphatic heterocycles. The maximum Gasteiger partial charge on any atom is 0.350 e. The van der Waals surface area contributed by atoms with Crippen LogP contribution in [0, 0.1) is 17.6 Å². The molecule has 1 N–H and O–H groups in total. The van der Waals surface area contributed by atoms with Crippen LogP contribution >= 0.6 is 0 Å². The lowest BCUT2D eigenvalue weighted by Crippen LogP contribution is -2.46. The van der Waals surface area contributed by atoms with Crippen LogP contribution in [-0.4, -0.2) is 91.3 Å². The first-order valence-corrected chi connectivity index (χ1v) is 16.3. The van der Waals surface area contributed by atoms with E-state index in [9.17, 15) is 18.7 Å². The van der Waals surface area contributed by atoms with Crippen molar-refractivity contribution >= 4 is 11.5 Å². The highest BCUT2D eigenvalue weighted by molar-refractivity contribution is 5.52. The smallest absolute Gasteiger partial charge is 0.350 e. The molecule has 0 aliphatic carbocycles. The summed E-state index contributed by atoms with van der Waals surface area (Å²) in [4.78, 5) is 25.8. The summed E-state index contributed by atoms with van der Waals surface area (Å²) in [5.74, 6) is -1.59. The Morgan fingerprint density at radius 3 is 2.48 bits per heavy atom. The van der Waals surface area contributed by atoms with Crippen LogP contribution in [0.25, 0.3) is 5.69 Å². The van der Waals surface area contributed by atoms with Crippen LogP contribution in [0.4, 0.5) is 20.3 Å². The molecule has 3 aromatic heterocycles. The number of anilines is 2. The highest BCUT2D eigenvalue weighted by Gasteiger charge is 2.46. The second-order valence-corrected chi connectivity index (χ2v) is 12.4. The minimum atomic E-state index is -1.52. The van der Waals surface area contributed by atoms with E-state index in [2.05, 4.69) is 30.0 Å². The lowest BCUT2D eigenvalue weighted by atomic mass is 10.0. The van der Waals surface area contributed by atoms with Crippen LogP contribution in [-0.2, 0) is 28.4 Å². The van der Waals surface area contributed by atoms with Gasteiger partial charge in [-0.05, 0) is 54.4 Å². The van der Waals surface area contributed by atoms with Gasteiger partial charge in [-0.2, -0.15) is 10.2 Å². The van der Waals surface area contributed by atoms with Gasteiger partial charge in [-0.15, -0.1) is 0 Å². The summed E-state index contributed by atoms with van der Waals surface area (Å²) in [6, 6.07) is 14.9. The Morgan fingerprint density at radius 1 is 1.00 bits per heavy atom. The van der Waals surface area contributed by atoms with Gasteiger partial charge >= 0.3 is 5.69 Å². The van der Waals surface area contributed by atoms with Crippen molar-refractivity contribution in [2.45, 2.75) is 31.9 Å². The van der Waals surface area contributed by atoms with Gasteiger partial charge in [-0.1, -0.05) is 6.92 Å². The van der Waals surface area contributed by atoms with E-state index in [-0.39, 0.29) is 43.5 Å². The Kier molecular flexibility index (Phi) is 9.56. The predicted molar refractivity (Wildman–Crippen MR) is 177 cm³/mol. The third-order valence-electron chi connectivity index (χ3n) is 8.82. The molecule has 0 amide bonds. The van der Waals surface area contributed by atoms with E-state index in [1.54, 1.807) is 6.20 Å². The summed E-state index contributed by atoms with van der Waals surface area (Å²) < 4.78 is 51.1. The van der Waals surface area contributed by atoms with Crippen molar-refractivity contribution in [3.8, 4) is 11.4 Å². The standard InChI is InChI=1S/C34H37F2N9O5/c1-24(17-46)16-45-33(47)44(23-40-45)27-5-9-32(38-15-27)42-12-10-41(11-13-42)26-3-6-28(7-4-26)48-18-29-19-49-34(50-29,20-43-22-37-21-39-43)30-8-2-25(35)14-31(30)36/h2-9,14-15,21-24,29,46H,10-13,16-20H2,1H3/t24?,29-,34-/m0/s1. The Labute approximate surface area is 286 Å². The maximum absolute atomic E-state index is 14.9. The van der Waals surface area contributed by atoms with Crippen LogP contribution in [0.1, 0.15) is 12.5 Å². The number of pyridine rings is 1. The summed E-state index contributed by atoms with van der Waals surface area (Å²) >= 11 is 0. The molecule has 7 rings (SSSR count). The van der Waals surface area contributed by atoms with E-state index in [0.29, 0.717) is 18.0 Å². The van der Waals surface area contributed by atoms with Gasteiger partial charge in [-0.25, -0.2) is 37.5 Å². The number of benzene rings is 2. The van der Waals surface area contributed by atoms with E-state index in [1.165, 1.54) is 45.0 Å². The molecule has 0 spiro atoms. The van der Waals surface area contributed by atoms with E-state index in [1.807, 2.05) is 43.3 Å². The summed E-state index contributed by atoms with van der Waals surface area (Å²) in [7, 11) is 0. The van der Waals surface area contributed by atoms with Gasteiger partial charge in [-0.3, -0.25) is 0 Å². The van der Waals surface area contributed by atoms with Crippen molar-refractivity contribution in [1.82, 2.24) is 34.1 Å². The zero-order valence-corrected chi connectivity index (χ0v) is 27.4. The molecule has 5 aromatic rings. The number of aromatic nitrogens is 7. The van der Waals surface area contributed by atoms with Gasteiger partial charge in [0, 0.05) is 50.1 Å². The van der Waals surface area contributed by atoms with Crippen LogP contribution in [0.2, 0.25) is 0 Å². The Bertz CT molecular complexity index is 1930. The monoisotopic (exact) mass is 689 g/mol. The second kappa shape index (κ2) is 14.3. The molecule has 50 heavy (non-hydrogen) atoms. The first-order valence-electron chi connectivity index (χ1n) is 16.3. The average Bonchev–Trinajstić information content (AvgIpc) is 3.89. The number of hydrogen-bond acceptors (Lipinski definition) is 11. The summed E-state index contributed by atoms with van der Waals surface area (Å²) in [5.41, 5.74) is 1.49. The Morgan fingerprint density at radius 2 is 1.78 bits per heavy atom. The Balaban J connectivity index is 0.918. The molecular weight excluding hydrogens is 652 g/mol. The van der Waals surface area contributed by atoms with Crippen LogP contribution in [0.5, 0.6) is 5.75 Å². The lowest BCUT2D eigenvalue weighted by molar-refractivity contribution is -0.192. The number of rotatable bonds is 12. The fourth-order valence-electron chi connectivity index (χ4n) is 6.12. The number of piperazine rings is 1. The molecule has 14 nitrogen and oxygen atoms in total. The van der Waals surface area contributed by atoms with Gasteiger partial charge in [0.15, 0.2) is 0 Å². The van der Waals surface area contributed by atoms with Gasteiger partial charge in [0.2, 0.25) is 5.79 Å². The predicted octanol–water partition coefficient (Wildman–Crippen LogP) is 2.60. The molecule has 2 aromatic carbocycles. The topological polar surface area (TPSA) is 138 Å². The molecule has 0 radical (unpaired) electrons. The van der Waals surface area contributed by atoms with Crippen molar-refractivity contribution in [3.05, 3.63) is 107 Å². The number of hydrogen-bond donors (Lipinski definition) is 1. The zero-order valence-electron chi connectivity index (χ0n) is 27.4. The highest BCUT2D eigenvalue weighted by Crippen LogP contribution is 2.38. The van der Waals surface area contributed by atoms with Crippen molar-refractivity contribution < 1.29 is 28.1 Å². The fourth-order valence-corrected chi connectivity index (χ4v) is 6.12. The van der Waals surface area contributed by atoms with E-state index in [4.69, 9.17) is 14.2 Å². The molecule has 2 saturated heterocycles. The first kappa shape index (κ1) is 33.3. The molecular formula is C34H37F2N9O5. The minimum absolute atomic E-state index is 0.0181. The van der Waals surface area contributed by atoms with Crippen LogP contribution in [0.3, 0.4) is 0 Å². The van der Waals surface area contributed by atoms with Crippen molar-refractivity contribution in [2.24, 2.45) is 5.92 Å². The highest BCUT2D eigenvalue weighted by atomic mass is 19.1. The average molecular weight is 690 g/mol. The normalized spacial score (nSPS) is 20.0. The summed E-state index contributed by atoms with van der Waals surface area (Å²) in [6.07, 6.45) is 5.46. The number of nitrogens with zero attached hydrogens (tertiary/aromatic N) is 9. The third-order valence-corrected chi connectivity index (χ3v) is 8.82. The molecule has 0 bridgehead atoms. The molecule has 3 atom stereocenters. The van der Waals surface area contributed by atoms with Crippen molar-refractivity contribution in [3.63, 3.8) is 0 Å². The first-order chi connectivity index (χ1) is 24.3. The summed E-state index contributed by atoms with van der Waals surface area (Å²) in [6.45, 7) is 5.62. The quantitative estimate of drug-likeness (QED) is 0.207. The minimum Gasteiger partial charge on any atom is -0.491 e. The zero-order chi connectivity index (χ0) is 34.7. The molecule has 16 heteroatoms. The number of aliphatic hydroxyl groups excluding tert-OH is 1. The molecule has 5 heterocycles. The SMILES string of the molecule is CC(CO)Cn1ncn(-c2ccc(N3CCN(c4ccc(OC[C@H]5CO[C@](Cn6cncn6)(c6ccc(F)cc6F)O5)cc4)CC3)nc2)c1=O. The Hall–Kier alpha value is -5.19. The molecule has 2 fully saturated rings. The van der Waals surface area contributed by atoms with Crippen molar-refractivity contribution in [1.29, 1.82) is 0 Å². The summed E-state index contributed by atoms with van der Waals surface area (Å²) in [5, 5.41) is 17.6. The number of ether oxygens (including phenoxy) is 3. The molecule has 1 unspecified atom stereocenters. The third kappa shape index (κ3) is 7.08. The number of halogens is 2. The van der Waals surface area contributed by atoms with Gasteiger partial charge < -0.3 is 29.1 Å². The van der Waals surface area contributed by atoms with Crippen LogP contribution < -0.4 is 20.2 Å². The molecule has 0 saturated carbocycles. The fraction of sp³-hybridized carbons (Fsp3) is 0.382. The van der Waals surface area contributed by atoms with Gasteiger partial charge in [0.05, 0.1) is 25.0 Å². The van der Waals surface area contributed by atoms with E-state index >= 15 is 0 Å². The molecule has 262 valence electrons. The van der Waals surface area contributed by atoms with Crippen LogP contribution in [0.15, 0.2) is 84.6 Å². The van der Waals surface area contributed by atoms with E-state index in [0.717, 1.165) is 43.8 Å². The maximum atomic E-state index is 14.9. The molecule has 2 aliphatic rings. The van der Waals surface area contributed by atoms with Gasteiger partial charge in [0.25, 0.3) is 0 Å². The van der Waals surface area contributed by atoms with E-state index < -0.39 is 23.5 Å².